The number of benzene rings is 2. The number of para-hydroxylation sites is 2. The average Bonchev–Trinajstić information content (AvgIpc) is 3.00. The minimum atomic E-state index is -3.41. The molecule has 0 aliphatic rings. The zero-order chi connectivity index (χ0) is 19.3. The summed E-state index contributed by atoms with van der Waals surface area (Å²) in [6.07, 6.45) is 1.98. The topological polar surface area (TPSA) is 81.1 Å². The Labute approximate surface area is 162 Å². The highest BCUT2D eigenvalue weighted by molar-refractivity contribution is 7.97. The van der Waals surface area contributed by atoms with E-state index in [9.17, 15) is 13.2 Å². The fraction of sp³-hybridized carbons (Fsp3) is 0.263. The summed E-state index contributed by atoms with van der Waals surface area (Å²) >= 11 is 1.64. The van der Waals surface area contributed by atoms with Gasteiger partial charge in [0.1, 0.15) is 12.4 Å². The van der Waals surface area contributed by atoms with Crippen LogP contribution in [0.1, 0.15) is 5.82 Å². The van der Waals surface area contributed by atoms with Gasteiger partial charge in [-0.05, 0) is 30.5 Å². The molecule has 3 aromatic rings. The quantitative estimate of drug-likeness (QED) is 0.625. The fourth-order valence-electron chi connectivity index (χ4n) is 2.81. The van der Waals surface area contributed by atoms with Crippen molar-refractivity contribution in [2.75, 3.05) is 18.6 Å². The van der Waals surface area contributed by atoms with Crippen LogP contribution in [0.2, 0.25) is 0 Å². The minimum Gasteiger partial charge on any atom is -0.354 e. The molecule has 1 amide bonds. The normalized spacial score (nSPS) is 11.6. The first-order chi connectivity index (χ1) is 13.0. The van der Waals surface area contributed by atoms with Gasteiger partial charge in [-0.25, -0.2) is 13.4 Å². The fourth-order valence-corrected chi connectivity index (χ4v) is 4.47. The monoisotopic (exact) mass is 403 g/mol. The van der Waals surface area contributed by atoms with Gasteiger partial charge in [0.05, 0.1) is 27.4 Å². The molecule has 3 rings (SSSR count). The predicted octanol–water partition coefficient (Wildman–Crippen LogP) is 2.49. The molecule has 0 aliphatic heterocycles. The maximum absolute atomic E-state index is 12.4. The number of aromatic nitrogens is 2. The maximum Gasteiger partial charge on any atom is 0.240 e. The highest BCUT2D eigenvalue weighted by Crippen LogP contribution is 2.18. The molecule has 0 saturated carbocycles. The molecule has 27 heavy (non-hydrogen) atoms. The van der Waals surface area contributed by atoms with Gasteiger partial charge >= 0.3 is 0 Å². The summed E-state index contributed by atoms with van der Waals surface area (Å²) in [5, 5.41) is 2.71. The smallest absolute Gasteiger partial charge is 0.240 e. The van der Waals surface area contributed by atoms with Crippen LogP contribution >= 0.6 is 11.8 Å². The molecular formula is C19H21N3O3S2. The first kappa shape index (κ1) is 19.4. The van der Waals surface area contributed by atoms with E-state index in [4.69, 9.17) is 0 Å². The lowest BCUT2D eigenvalue weighted by atomic mass is 10.3. The van der Waals surface area contributed by atoms with E-state index in [1.807, 2.05) is 35.1 Å². The number of imidazole rings is 1. The molecule has 1 heterocycles. The van der Waals surface area contributed by atoms with Crippen LogP contribution in [0.4, 0.5) is 0 Å². The number of fused-ring (bicyclic) bond motifs is 1. The van der Waals surface area contributed by atoms with Gasteiger partial charge in [0.25, 0.3) is 0 Å². The van der Waals surface area contributed by atoms with Crippen molar-refractivity contribution in [1.82, 2.24) is 14.9 Å². The van der Waals surface area contributed by atoms with Crippen LogP contribution in [0.3, 0.4) is 0 Å². The first-order valence-electron chi connectivity index (χ1n) is 8.49. The van der Waals surface area contributed by atoms with Crippen molar-refractivity contribution in [1.29, 1.82) is 0 Å². The van der Waals surface area contributed by atoms with Crippen molar-refractivity contribution in [2.45, 2.75) is 17.2 Å². The lowest BCUT2D eigenvalue weighted by Gasteiger charge is -2.10. The summed E-state index contributed by atoms with van der Waals surface area (Å²) in [5.74, 6) is 1.16. The van der Waals surface area contributed by atoms with Gasteiger partial charge in [0.2, 0.25) is 5.91 Å². The second-order valence-electron chi connectivity index (χ2n) is 6.02. The summed E-state index contributed by atoms with van der Waals surface area (Å²) in [7, 11) is -3.41. The molecule has 0 bridgehead atoms. The Balaban J connectivity index is 1.65. The molecule has 0 saturated heterocycles. The summed E-state index contributed by atoms with van der Waals surface area (Å²) in [5.41, 5.74) is 1.75. The zero-order valence-corrected chi connectivity index (χ0v) is 16.6. The van der Waals surface area contributed by atoms with Crippen molar-refractivity contribution >= 4 is 38.5 Å². The molecule has 142 valence electrons. The van der Waals surface area contributed by atoms with E-state index in [2.05, 4.69) is 10.3 Å². The first-order valence-corrected chi connectivity index (χ1v) is 11.5. The van der Waals surface area contributed by atoms with Crippen LogP contribution in [-0.4, -0.2) is 42.4 Å². The van der Waals surface area contributed by atoms with Crippen LogP contribution in [0.5, 0.6) is 0 Å². The number of hydrogen-bond donors (Lipinski definition) is 1. The summed E-state index contributed by atoms with van der Waals surface area (Å²) in [6.45, 7) is 0.183. The van der Waals surface area contributed by atoms with Gasteiger partial charge in [0.15, 0.2) is 9.84 Å². The molecular weight excluding hydrogens is 382 g/mol. The number of nitrogens with one attached hydrogen (secondary N) is 1. The van der Waals surface area contributed by atoms with E-state index in [-0.39, 0.29) is 29.6 Å². The third-order valence-electron chi connectivity index (χ3n) is 4.10. The van der Waals surface area contributed by atoms with E-state index in [1.54, 1.807) is 42.1 Å². The molecule has 0 radical (unpaired) electrons. The van der Waals surface area contributed by atoms with Gasteiger partial charge in [-0.3, -0.25) is 4.79 Å². The average molecular weight is 404 g/mol. The number of sulfone groups is 1. The SMILES string of the molecule is CSCc1nc2ccccc2n1CC(=O)NCCS(=O)(=O)c1ccccc1. The van der Waals surface area contributed by atoms with Crippen molar-refractivity contribution in [2.24, 2.45) is 0 Å². The Morgan fingerprint density at radius 1 is 1.11 bits per heavy atom. The number of carbonyl (C=O) groups is 1. The van der Waals surface area contributed by atoms with Crippen molar-refractivity contribution in [3.05, 3.63) is 60.4 Å². The van der Waals surface area contributed by atoms with Gasteiger partial charge in [-0.2, -0.15) is 11.8 Å². The maximum atomic E-state index is 12.4. The third kappa shape index (κ3) is 4.70. The Bertz CT molecular complexity index is 1030. The van der Waals surface area contributed by atoms with Gasteiger partial charge in [-0.15, -0.1) is 0 Å². The largest absolute Gasteiger partial charge is 0.354 e. The molecule has 0 unspecified atom stereocenters. The van der Waals surface area contributed by atoms with E-state index in [0.717, 1.165) is 16.9 Å². The van der Waals surface area contributed by atoms with Crippen molar-refractivity contribution in [3.63, 3.8) is 0 Å². The molecule has 2 aromatic carbocycles. The van der Waals surface area contributed by atoms with Gasteiger partial charge in [0, 0.05) is 6.54 Å². The minimum absolute atomic E-state index is 0.0700. The predicted molar refractivity (Wildman–Crippen MR) is 108 cm³/mol. The van der Waals surface area contributed by atoms with E-state index in [1.165, 1.54) is 0 Å². The molecule has 1 aromatic heterocycles. The Morgan fingerprint density at radius 2 is 1.81 bits per heavy atom. The number of hydrogen-bond acceptors (Lipinski definition) is 5. The molecule has 1 N–H and O–H groups in total. The van der Waals surface area contributed by atoms with Gasteiger partial charge in [-0.1, -0.05) is 30.3 Å². The number of amides is 1. The second kappa shape index (κ2) is 8.58. The van der Waals surface area contributed by atoms with E-state index < -0.39 is 9.84 Å². The summed E-state index contributed by atoms with van der Waals surface area (Å²) in [6, 6.07) is 15.9. The van der Waals surface area contributed by atoms with Crippen LogP contribution in [-0.2, 0) is 26.9 Å². The summed E-state index contributed by atoms with van der Waals surface area (Å²) in [4.78, 5) is 17.2. The third-order valence-corrected chi connectivity index (χ3v) is 6.38. The number of rotatable bonds is 8. The zero-order valence-electron chi connectivity index (χ0n) is 15.0. The molecule has 0 fully saturated rings. The van der Waals surface area contributed by atoms with Gasteiger partial charge < -0.3 is 9.88 Å². The molecule has 0 spiro atoms. The Morgan fingerprint density at radius 3 is 2.56 bits per heavy atom. The molecule has 6 nitrogen and oxygen atoms in total. The number of thioether (sulfide) groups is 1. The van der Waals surface area contributed by atoms with Crippen molar-refractivity contribution in [3.8, 4) is 0 Å². The van der Waals surface area contributed by atoms with Crippen molar-refractivity contribution < 1.29 is 13.2 Å². The van der Waals surface area contributed by atoms with Crippen LogP contribution < -0.4 is 5.32 Å². The molecule has 0 atom stereocenters. The highest BCUT2D eigenvalue weighted by Gasteiger charge is 2.16. The van der Waals surface area contributed by atoms with E-state index >= 15 is 0 Å². The Hall–Kier alpha value is -2.32. The Kier molecular flexibility index (Phi) is 6.18. The lowest BCUT2D eigenvalue weighted by molar-refractivity contribution is -0.121. The number of nitrogens with zero attached hydrogens (tertiary/aromatic N) is 2. The van der Waals surface area contributed by atoms with Crippen LogP contribution in [0.25, 0.3) is 11.0 Å². The summed E-state index contributed by atoms with van der Waals surface area (Å²) < 4.78 is 26.4. The lowest BCUT2D eigenvalue weighted by Crippen LogP contribution is -2.32. The van der Waals surface area contributed by atoms with E-state index in [0.29, 0.717) is 5.75 Å². The van der Waals surface area contributed by atoms with Crippen LogP contribution in [0, 0.1) is 0 Å². The second-order valence-corrected chi connectivity index (χ2v) is 8.99. The highest BCUT2D eigenvalue weighted by atomic mass is 32.2. The number of carbonyl (C=O) groups excluding carboxylic acids is 1. The van der Waals surface area contributed by atoms with Crippen LogP contribution in [0.15, 0.2) is 59.5 Å². The molecule has 8 heteroatoms. The molecule has 0 aliphatic carbocycles. The standard InChI is InChI=1S/C19H21N3O3S2/c1-26-14-18-21-16-9-5-6-10-17(16)22(18)13-19(23)20-11-12-27(24,25)15-7-3-2-4-8-15/h2-10H,11-14H2,1H3,(H,20,23).